The van der Waals surface area contributed by atoms with Crippen molar-refractivity contribution >= 4 is 11.9 Å². The van der Waals surface area contributed by atoms with Crippen molar-refractivity contribution in [1.29, 1.82) is 0 Å². The zero-order chi connectivity index (χ0) is 28.1. The van der Waals surface area contributed by atoms with E-state index in [0.717, 1.165) is 24.8 Å². The van der Waals surface area contributed by atoms with Crippen LogP contribution in [0.5, 0.6) is 0 Å². The van der Waals surface area contributed by atoms with E-state index in [2.05, 4.69) is 27.7 Å². The molecule has 38 heavy (non-hydrogen) atoms. The molecule has 3 saturated carbocycles. The summed E-state index contributed by atoms with van der Waals surface area (Å²) >= 11 is 0. The van der Waals surface area contributed by atoms with Crippen LogP contribution in [0, 0.1) is 44.8 Å². The summed E-state index contributed by atoms with van der Waals surface area (Å²) in [6, 6.07) is 0. The molecule has 0 aromatic carbocycles. The van der Waals surface area contributed by atoms with Crippen LogP contribution in [-0.2, 0) is 14.3 Å². The van der Waals surface area contributed by atoms with E-state index in [1.807, 2.05) is 0 Å². The third-order valence-electron chi connectivity index (χ3n) is 13.1. The Labute approximate surface area is 227 Å². The number of aliphatic carboxylic acids is 2. The van der Waals surface area contributed by atoms with Gasteiger partial charge in [0, 0.05) is 13.0 Å². The zero-order valence-corrected chi connectivity index (χ0v) is 24.0. The summed E-state index contributed by atoms with van der Waals surface area (Å²) in [4.78, 5) is 25.5. The second-order valence-electron chi connectivity index (χ2n) is 14.9. The van der Waals surface area contributed by atoms with E-state index in [4.69, 9.17) is 4.74 Å². The second-order valence-corrected chi connectivity index (χ2v) is 14.9. The van der Waals surface area contributed by atoms with Gasteiger partial charge in [0.15, 0.2) is 0 Å². The molecule has 7 nitrogen and oxygen atoms in total. The molecule has 0 saturated heterocycles. The van der Waals surface area contributed by atoms with Gasteiger partial charge in [-0.3, -0.25) is 9.59 Å². The normalized spacial score (nSPS) is 50.1. The minimum absolute atomic E-state index is 0.132. The van der Waals surface area contributed by atoms with E-state index < -0.39 is 40.9 Å². The molecule has 0 spiro atoms. The van der Waals surface area contributed by atoms with Gasteiger partial charge in [-0.05, 0) is 99.2 Å². The van der Waals surface area contributed by atoms with Crippen LogP contribution in [0.1, 0.15) is 98.8 Å². The molecule has 4 N–H and O–H groups in total. The van der Waals surface area contributed by atoms with Gasteiger partial charge in [-0.1, -0.05) is 38.8 Å². The Kier molecular flexibility index (Phi) is 6.49. The zero-order valence-electron chi connectivity index (χ0n) is 24.0. The number of ether oxygens (including phenoxy) is 1. The van der Waals surface area contributed by atoms with Crippen molar-refractivity contribution in [3.8, 4) is 0 Å². The van der Waals surface area contributed by atoms with E-state index in [-0.39, 0.29) is 34.2 Å². The third-order valence-corrected chi connectivity index (χ3v) is 13.1. The van der Waals surface area contributed by atoms with Crippen molar-refractivity contribution in [3.63, 3.8) is 0 Å². The smallest absolute Gasteiger partial charge is 0.312 e. The van der Waals surface area contributed by atoms with Crippen molar-refractivity contribution in [2.24, 2.45) is 44.8 Å². The molecule has 0 aliphatic heterocycles. The Morgan fingerprint density at radius 3 is 2.16 bits per heavy atom. The number of allylic oxidation sites excluding steroid dienone is 1. The Morgan fingerprint density at radius 2 is 1.55 bits per heavy atom. The standard InChI is InChI=1S/C31H48O7/c1-27(2)13-14-31(26(36)37)12-7-19-18(23(31)24(27)33)15-17(38-6)16-21-28(19,3)10-8-20-29(21,4)11-9-22(32)30(20,5)25(34)35/h17,20-24,32-33H,7-16H2,1-6H3,(H,34,35)(H,36,37). The monoisotopic (exact) mass is 532 g/mol. The first kappa shape index (κ1) is 28.1. The van der Waals surface area contributed by atoms with Gasteiger partial charge in [0.05, 0.1) is 29.1 Å². The molecule has 5 rings (SSSR count). The van der Waals surface area contributed by atoms with Crippen LogP contribution < -0.4 is 0 Å². The van der Waals surface area contributed by atoms with Gasteiger partial charge in [0.25, 0.3) is 0 Å². The van der Waals surface area contributed by atoms with Crippen molar-refractivity contribution < 1.29 is 34.8 Å². The van der Waals surface area contributed by atoms with Crippen molar-refractivity contribution in [3.05, 3.63) is 11.1 Å². The maximum absolute atomic E-state index is 12.9. The third kappa shape index (κ3) is 3.49. The topological polar surface area (TPSA) is 124 Å². The largest absolute Gasteiger partial charge is 0.481 e. The van der Waals surface area contributed by atoms with Gasteiger partial charge in [0.2, 0.25) is 0 Å². The quantitative estimate of drug-likeness (QED) is 0.376. The fourth-order valence-corrected chi connectivity index (χ4v) is 10.5. The average molecular weight is 533 g/mol. The number of carbonyl (C=O) groups is 2. The molecule has 214 valence electrons. The highest BCUT2D eigenvalue weighted by atomic mass is 16.5. The molecule has 10 atom stereocenters. The number of hydrogen-bond donors (Lipinski definition) is 4. The predicted molar refractivity (Wildman–Crippen MR) is 142 cm³/mol. The minimum Gasteiger partial charge on any atom is -0.481 e. The fourth-order valence-electron chi connectivity index (χ4n) is 10.5. The van der Waals surface area contributed by atoms with E-state index >= 15 is 0 Å². The number of aliphatic hydroxyl groups excluding tert-OH is 2. The number of fused-ring (bicyclic) bond motifs is 6. The molecule has 10 unspecified atom stereocenters. The van der Waals surface area contributed by atoms with Gasteiger partial charge in [-0.15, -0.1) is 0 Å². The molecule has 5 aliphatic rings. The summed E-state index contributed by atoms with van der Waals surface area (Å²) < 4.78 is 6.09. The molecule has 0 aromatic rings. The van der Waals surface area contributed by atoms with Gasteiger partial charge in [-0.2, -0.15) is 0 Å². The maximum atomic E-state index is 12.9. The molecule has 0 heterocycles. The SMILES string of the molecule is COC1CC2=C(CCC3(C(=O)O)CCC(C)(C)C(O)C23)C2(C)CCC3C(C)(CCC(O)C3(C)C(=O)O)C2C1. The van der Waals surface area contributed by atoms with E-state index in [1.54, 1.807) is 14.0 Å². The van der Waals surface area contributed by atoms with Crippen LogP contribution in [0.4, 0.5) is 0 Å². The number of rotatable bonds is 3. The van der Waals surface area contributed by atoms with Crippen molar-refractivity contribution in [2.45, 2.75) is 117 Å². The van der Waals surface area contributed by atoms with E-state index in [1.165, 1.54) is 5.57 Å². The fraction of sp³-hybridized carbons (Fsp3) is 0.871. The van der Waals surface area contributed by atoms with Crippen molar-refractivity contribution in [1.82, 2.24) is 0 Å². The van der Waals surface area contributed by atoms with Crippen LogP contribution in [0.3, 0.4) is 0 Å². The highest BCUT2D eigenvalue weighted by molar-refractivity contribution is 5.77. The molecule has 0 amide bonds. The van der Waals surface area contributed by atoms with Crippen LogP contribution in [0.25, 0.3) is 0 Å². The predicted octanol–water partition coefficient (Wildman–Crippen LogP) is 5.04. The summed E-state index contributed by atoms with van der Waals surface area (Å²) in [7, 11) is 1.72. The van der Waals surface area contributed by atoms with Crippen LogP contribution in [-0.4, -0.2) is 57.8 Å². The Morgan fingerprint density at radius 1 is 0.868 bits per heavy atom. The number of carboxylic acid groups (broad SMARTS) is 2. The highest BCUT2D eigenvalue weighted by Crippen LogP contribution is 2.71. The number of aliphatic hydroxyl groups is 2. The van der Waals surface area contributed by atoms with Gasteiger partial charge in [-0.25, -0.2) is 0 Å². The highest BCUT2D eigenvalue weighted by Gasteiger charge is 2.67. The first-order chi connectivity index (χ1) is 17.6. The summed E-state index contributed by atoms with van der Waals surface area (Å²) in [5, 5.41) is 43.6. The lowest BCUT2D eigenvalue weighted by atomic mass is 9.40. The first-order valence-electron chi connectivity index (χ1n) is 14.7. The summed E-state index contributed by atoms with van der Waals surface area (Å²) in [6.45, 7) is 10.4. The Bertz CT molecular complexity index is 1050. The maximum Gasteiger partial charge on any atom is 0.312 e. The summed E-state index contributed by atoms with van der Waals surface area (Å²) in [6.07, 6.45) is 4.86. The summed E-state index contributed by atoms with van der Waals surface area (Å²) in [5.74, 6) is -2.17. The molecular formula is C31H48O7. The molecule has 0 bridgehead atoms. The van der Waals surface area contributed by atoms with Crippen LogP contribution in [0.2, 0.25) is 0 Å². The number of carboxylic acids is 2. The molecule has 7 heteroatoms. The van der Waals surface area contributed by atoms with Crippen LogP contribution in [0.15, 0.2) is 11.1 Å². The van der Waals surface area contributed by atoms with E-state index in [9.17, 15) is 30.0 Å². The van der Waals surface area contributed by atoms with Gasteiger partial charge in [0.1, 0.15) is 0 Å². The average Bonchev–Trinajstić information content (AvgIpc) is 2.98. The Balaban J connectivity index is 1.68. The lowest BCUT2D eigenvalue weighted by molar-refractivity contribution is -0.199. The number of hydrogen-bond acceptors (Lipinski definition) is 5. The molecule has 5 aliphatic carbocycles. The van der Waals surface area contributed by atoms with Gasteiger partial charge >= 0.3 is 11.9 Å². The Hall–Kier alpha value is -1.44. The van der Waals surface area contributed by atoms with E-state index in [0.29, 0.717) is 44.9 Å². The second kappa shape index (κ2) is 8.78. The lowest BCUT2D eigenvalue weighted by Crippen LogP contribution is -2.62. The van der Waals surface area contributed by atoms with Crippen LogP contribution >= 0.6 is 0 Å². The first-order valence-corrected chi connectivity index (χ1v) is 14.7. The summed E-state index contributed by atoms with van der Waals surface area (Å²) in [5.41, 5.74) is -0.653. The molecule has 3 fully saturated rings. The van der Waals surface area contributed by atoms with Crippen molar-refractivity contribution in [2.75, 3.05) is 7.11 Å². The molecular weight excluding hydrogens is 484 g/mol. The lowest BCUT2D eigenvalue weighted by Gasteiger charge is -2.64. The molecule has 0 radical (unpaired) electrons. The molecule has 0 aromatic heterocycles. The number of methoxy groups -OCH3 is 1. The van der Waals surface area contributed by atoms with Gasteiger partial charge < -0.3 is 25.2 Å². The minimum atomic E-state index is -1.20.